The largest absolute Gasteiger partial charge is 0.506 e. The minimum atomic E-state index is -0.703. The number of nitrogens with zero attached hydrogens (tertiary/aromatic N) is 1. The number of phenolic OH excluding ortho intramolecular Hbond substituents is 1. The van der Waals surface area contributed by atoms with Crippen LogP contribution in [0.5, 0.6) is 5.75 Å². The summed E-state index contributed by atoms with van der Waals surface area (Å²) in [6, 6.07) is 12.1. The third-order valence-electron chi connectivity index (χ3n) is 3.99. The summed E-state index contributed by atoms with van der Waals surface area (Å²) in [6.45, 7) is 2.20. The van der Waals surface area contributed by atoms with Gasteiger partial charge < -0.3 is 15.2 Å². The van der Waals surface area contributed by atoms with Gasteiger partial charge in [0.2, 0.25) is 0 Å². The molecule has 1 aliphatic heterocycles. The zero-order chi connectivity index (χ0) is 20.3. The number of halogens is 1. The molecule has 1 heterocycles. The number of nitrogens with one attached hydrogen (secondary N) is 1. The number of ether oxygens (including phenoxy) is 1. The molecular weight excluding hydrogens is 384 g/mol. The molecule has 2 aromatic rings. The molecule has 1 aliphatic rings. The van der Waals surface area contributed by atoms with E-state index in [0.29, 0.717) is 18.6 Å². The molecule has 0 atom stereocenters. The minimum Gasteiger partial charge on any atom is -0.506 e. The lowest BCUT2D eigenvalue weighted by molar-refractivity contribution is -0.120. The van der Waals surface area contributed by atoms with Crippen LogP contribution in [0.2, 0.25) is 0 Å². The number of rotatable bonds is 6. The molecule has 2 N–H and O–H groups in total. The first-order chi connectivity index (χ1) is 13.4. The van der Waals surface area contributed by atoms with Crippen LogP contribution < -0.4 is 10.2 Å². The summed E-state index contributed by atoms with van der Waals surface area (Å²) in [4.78, 5) is 38.0. The number of aromatic hydroxyl groups is 1. The highest BCUT2D eigenvalue weighted by molar-refractivity contribution is 6.53. The normalized spacial score (nSPS) is 13.9. The molecule has 0 saturated carbocycles. The molecule has 0 fully saturated rings. The van der Waals surface area contributed by atoms with Gasteiger partial charge in [0.25, 0.3) is 11.8 Å². The summed E-state index contributed by atoms with van der Waals surface area (Å²) in [5, 5.41) is 12.3. The van der Waals surface area contributed by atoms with Crippen molar-refractivity contribution in [2.75, 3.05) is 16.8 Å². The van der Waals surface area contributed by atoms with Gasteiger partial charge in [-0.25, -0.2) is 9.69 Å². The summed E-state index contributed by atoms with van der Waals surface area (Å²) in [5.41, 5.74) is 0.671. The molecule has 0 radical (unpaired) electrons. The Morgan fingerprint density at radius 3 is 2.43 bits per heavy atom. The second-order valence-electron chi connectivity index (χ2n) is 5.96. The van der Waals surface area contributed by atoms with E-state index >= 15 is 0 Å². The van der Waals surface area contributed by atoms with Crippen molar-refractivity contribution in [1.82, 2.24) is 0 Å². The number of esters is 1. The standard InChI is InChI=1S/C20H17ClN2O5/c1-2-11-28-20(27)12-7-9-13(10-8-12)23-18(25)16(21)17(19(23)26)22-14-5-3-4-6-15(14)24/h3-10,22,24H,2,11H2,1H3. The highest BCUT2D eigenvalue weighted by Crippen LogP contribution is 2.32. The Labute approximate surface area is 166 Å². The van der Waals surface area contributed by atoms with Crippen LogP contribution >= 0.6 is 11.6 Å². The van der Waals surface area contributed by atoms with Gasteiger partial charge in [0.1, 0.15) is 16.5 Å². The Bertz CT molecular complexity index is 969. The van der Waals surface area contributed by atoms with Crippen LogP contribution in [0.25, 0.3) is 0 Å². The number of carbonyl (C=O) groups excluding carboxylic acids is 3. The van der Waals surface area contributed by atoms with E-state index in [1.165, 1.54) is 30.3 Å². The first-order valence-corrected chi connectivity index (χ1v) is 8.92. The van der Waals surface area contributed by atoms with Crippen molar-refractivity contribution in [2.45, 2.75) is 13.3 Å². The van der Waals surface area contributed by atoms with Crippen LogP contribution in [0.4, 0.5) is 11.4 Å². The number of hydrogen-bond donors (Lipinski definition) is 2. The third-order valence-corrected chi connectivity index (χ3v) is 4.34. The molecule has 0 unspecified atom stereocenters. The number of para-hydroxylation sites is 2. The lowest BCUT2D eigenvalue weighted by Crippen LogP contribution is -2.32. The molecule has 144 valence electrons. The highest BCUT2D eigenvalue weighted by atomic mass is 35.5. The Morgan fingerprint density at radius 2 is 1.79 bits per heavy atom. The zero-order valence-electron chi connectivity index (χ0n) is 14.9. The Balaban J connectivity index is 1.81. The molecule has 0 aromatic heterocycles. The lowest BCUT2D eigenvalue weighted by Gasteiger charge is -2.15. The molecule has 2 amide bonds. The SMILES string of the molecule is CCCOC(=O)c1ccc(N2C(=O)C(Cl)=C(Nc3ccccc3O)C2=O)cc1. The molecule has 0 spiro atoms. The molecule has 0 saturated heterocycles. The predicted octanol–water partition coefficient (Wildman–Crippen LogP) is 3.39. The van der Waals surface area contributed by atoms with Gasteiger partial charge in [-0.3, -0.25) is 9.59 Å². The van der Waals surface area contributed by atoms with Crippen molar-refractivity contribution < 1.29 is 24.2 Å². The number of anilines is 2. The third kappa shape index (κ3) is 3.70. The van der Waals surface area contributed by atoms with Crippen molar-refractivity contribution in [2.24, 2.45) is 0 Å². The zero-order valence-corrected chi connectivity index (χ0v) is 15.7. The van der Waals surface area contributed by atoms with Gasteiger partial charge in [0, 0.05) is 0 Å². The fourth-order valence-electron chi connectivity index (χ4n) is 2.58. The van der Waals surface area contributed by atoms with E-state index in [1.807, 2.05) is 6.92 Å². The van der Waals surface area contributed by atoms with E-state index in [-0.39, 0.29) is 27.9 Å². The maximum atomic E-state index is 12.7. The fraction of sp³-hybridized carbons (Fsp3) is 0.150. The maximum Gasteiger partial charge on any atom is 0.338 e. The Hall–Kier alpha value is -3.32. The Kier molecular flexibility index (Phi) is 5.65. The number of hydrogen-bond acceptors (Lipinski definition) is 6. The summed E-state index contributed by atoms with van der Waals surface area (Å²) >= 11 is 6.06. The average Bonchev–Trinajstić information content (AvgIpc) is 2.91. The van der Waals surface area contributed by atoms with E-state index in [0.717, 1.165) is 4.90 Å². The Morgan fingerprint density at radius 1 is 1.11 bits per heavy atom. The average molecular weight is 401 g/mol. The van der Waals surface area contributed by atoms with Gasteiger partial charge in [-0.1, -0.05) is 30.7 Å². The molecule has 2 aromatic carbocycles. The topological polar surface area (TPSA) is 95.9 Å². The van der Waals surface area contributed by atoms with Gasteiger partial charge in [-0.2, -0.15) is 0 Å². The maximum absolute atomic E-state index is 12.7. The number of imide groups is 1. The number of amides is 2. The van der Waals surface area contributed by atoms with Crippen LogP contribution in [-0.2, 0) is 14.3 Å². The first kappa shape index (κ1) is 19.4. The molecule has 3 rings (SSSR count). The fourth-order valence-corrected chi connectivity index (χ4v) is 2.80. The van der Waals surface area contributed by atoms with Crippen molar-refractivity contribution in [3.05, 3.63) is 64.8 Å². The second kappa shape index (κ2) is 8.14. The number of carbonyl (C=O) groups is 3. The molecule has 7 nitrogen and oxygen atoms in total. The predicted molar refractivity (Wildman–Crippen MR) is 104 cm³/mol. The molecule has 0 bridgehead atoms. The van der Waals surface area contributed by atoms with E-state index < -0.39 is 17.8 Å². The van der Waals surface area contributed by atoms with Gasteiger partial charge in [0.05, 0.1) is 23.5 Å². The smallest absolute Gasteiger partial charge is 0.338 e. The molecule has 0 aliphatic carbocycles. The van der Waals surface area contributed by atoms with Gasteiger partial charge >= 0.3 is 5.97 Å². The molecular formula is C20H17ClN2O5. The van der Waals surface area contributed by atoms with Gasteiger partial charge in [0.15, 0.2) is 0 Å². The lowest BCUT2D eigenvalue weighted by atomic mass is 10.2. The number of phenols is 1. The van der Waals surface area contributed by atoms with E-state index in [9.17, 15) is 19.5 Å². The summed E-state index contributed by atoms with van der Waals surface area (Å²) in [5.74, 6) is -1.94. The van der Waals surface area contributed by atoms with Crippen LogP contribution in [0.3, 0.4) is 0 Å². The summed E-state index contributed by atoms with van der Waals surface area (Å²) < 4.78 is 5.05. The molecule has 8 heteroatoms. The van der Waals surface area contributed by atoms with Gasteiger partial charge in [-0.05, 0) is 42.8 Å². The van der Waals surface area contributed by atoms with Crippen molar-refractivity contribution in [1.29, 1.82) is 0 Å². The van der Waals surface area contributed by atoms with E-state index in [4.69, 9.17) is 16.3 Å². The summed E-state index contributed by atoms with van der Waals surface area (Å²) in [6.07, 6.45) is 0.706. The van der Waals surface area contributed by atoms with Crippen LogP contribution in [0.1, 0.15) is 23.7 Å². The van der Waals surface area contributed by atoms with Crippen LogP contribution in [-0.4, -0.2) is 29.5 Å². The highest BCUT2D eigenvalue weighted by Gasteiger charge is 2.39. The van der Waals surface area contributed by atoms with E-state index in [2.05, 4.69) is 5.32 Å². The minimum absolute atomic E-state index is 0.0897. The second-order valence-corrected chi connectivity index (χ2v) is 6.34. The van der Waals surface area contributed by atoms with Crippen molar-refractivity contribution in [3.63, 3.8) is 0 Å². The van der Waals surface area contributed by atoms with Crippen LogP contribution in [0.15, 0.2) is 59.3 Å². The van der Waals surface area contributed by atoms with Crippen molar-refractivity contribution in [3.8, 4) is 5.75 Å². The van der Waals surface area contributed by atoms with E-state index in [1.54, 1.807) is 18.2 Å². The number of benzene rings is 2. The first-order valence-electron chi connectivity index (χ1n) is 8.54. The van der Waals surface area contributed by atoms with Gasteiger partial charge in [-0.15, -0.1) is 0 Å². The van der Waals surface area contributed by atoms with Crippen molar-refractivity contribution >= 4 is 40.8 Å². The summed E-state index contributed by atoms with van der Waals surface area (Å²) in [7, 11) is 0. The monoisotopic (exact) mass is 400 g/mol. The quantitative estimate of drug-likeness (QED) is 0.438. The van der Waals surface area contributed by atoms with Crippen LogP contribution in [0, 0.1) is 0 Å². The molecule has 28 heavy (non-hydrogen) atoms.